The molecule has 0 bridgehead atoms. The molecule has 0 aromatic carbocycles. The van der Waals surface area contributed by atoms with E-state index in [4.69, 9.17) is 9.52 Å². The van der Waals surface area contributed by atoms with Crippen molar-refractivity contribution < 1.29 is 14.3 Å². The predicted molar refractivity (Wildman–Crippen MR) is 61.5 cm³/mol. The second-order valence-corrected chi connectivity index (χ2v) is 3.97. The van der Waals surface area contributed by atoms with E-state index in [1.165, 1.54) is 0 Å². The van der Waals surface area contributed by atoms with E-state index >= 15 is 0 Å². The number of aryl methyl sites for hydroxylation is 2. The molecule has 1 rings (SSSR count). The largest absolute Gasteiger partial charge is 0.456 e. The summed E-state index contributed by atoms with van der Waals surface area (Å²) >= 11 is 0. The second kappa shape index (κ2) is 5.70. The van der Waals surface area contributed by atoms with E-state index in [1.54, 1.807) is 6.92 Å². The van der Waals surface area contributed by atoms with E-state index in [-0.39, 0.29) is 5.91 Å². The molecule has 0 radical (unpaired) electrons. The Morgan fingerprint density at radius 1 is 1.62 bits per heavy atom. The van der Waals surface area contributed by atoms with Gasteiger partial charge in [-0.05, 0) is 26.3 Å². The van der Waals surface area contributed by atoms with Crippen LogP contribution in [-0.4, -0.2) is 23.7 Å². The topological polar surface area (TPSA) is 62.5 Å². The van der Waals surface area contributed by atoms with Gasteiger partial charge in [-0.25, -0.2) is 0 Å². The van der Waals surface area contributed by atoms with Crippen molar-refractivity contribution in [1.82, 2.24) is 5.32 Å². The van der Waals surface area contributed by atoms with Gasteiger partial charge in [-0.3, -0.25) is 4.79 Å². The zero-order chi connectivity index (χ0) is 12.1. The molecule has 4 nitrogen and oxygen atoms in total. The Labute approximate surface area is 95.7 Å². The number of aliphatic hydroxyl groups excluding tert-OH is 1. The fourth-order valence-electron chi connectivity index (χ4n) is 1.42. The Balaban J connectivity index is 2.55. The van der Waals surface area contributed by atoms with Crippen molar-refractivity contribution in [2.24, 2.45) is 0 Å². The monoisotopic (exact) mass is 225 g/mol. The SMILES string of the molecule is CCc1cc(C)c(C(=O)NCCC(C)O)o1. The normalized spacial score (nSPS) is 12.5. The molecule has 1 unspecified atom stereocenters. The van der Waals surface area contributed by atoms with Gasteiger partial charge < -0.3 is 14.8 Å². The molecule has 1 atom stereocenters. The Bertz CT molecular complexity index is 355. The first-order valence-electron chi connectivity index (χ1n) is 5.60. The van der Waals surface area contributed by atoms with Crippen molar-refractivity contribution >= 4 is 5.91 Å². The van der Waals surface area contributed by atoms with Crippen LogP contribution in [0.2, 0.25) is 0 Å². The molecule has 4 heteroatoms. The molecule has 1 heterocycles. The summed E-state index contributed by atoms with van der Waals surface area (Å²) in [7, 11) is 0. The lowest BCUT2D eigenvalue weighted by Crippen LogP contribution is -2.26. The van der Waals surface area contributed by atoms with Crippen LogP contribution in [0.3, 0.4) is 0 Å². The van der Waals surface area contributed by atoms with Crippen LogP contribution < -0.4 is 5.32 Å². The fraction of sp³-hybridized carbons (Fsp3) is 0.583. The van der Waals surface area contributed by atoms with Crippen molar-refractivity contribution in [2.45, 2.75) is 39.7 Å². The van der Waals surface area contributed by atoms with Crippen LogP contribution in [0, 0.1) is 6.92 Å². The van der Waals surface area contributed by atoms with E-state index in [2.05, 4.69) is 5.32 Å². The van der Waals surface area contributed by atoms with Gasteiger partial charge in [0, 0.05) is 18.5 Å². The van der Waals surface area contributed by atoms with E-state index in [1.807, 2.05) is 19.9 Å². The Morgan fingerprint density at radius 2 is 2.31 bits per heavy atom. The highest BCUT2D eigenvalue weighted by Gasteiger charge is 2.14. The summed E-state index contributed by atoms with van der Waals surface area (Å²) in [6.07, 6.45) is 0.928. The number of hydrogen-bond donors (Lipinski definition) is 2. The number of furan rings is 1. The van der Waals surface area contributed by atoms with E-state index in [0.29, 0.717) is 18.7 Å². The quantitative estimate of drug-likeness (QED) is 0.801. The molecule has 2 N–H and O–H groups in total. The molecule has 0 saturated heterocycles. The van der Waals surface area contributed by atoms with Crippen LogP contribution >= 0.6 is 0 Å². The standard InChI is InChI=1S/C12H19NO3/c1-4-10-7-8(2)11(16-10)12(15)13-6-5-9(3)14/h7,9,14H,4-6H2,1-3H3,(H,13,15). The molecule has 1 amide bonds. The minimum atomic E-state index is -0.399. The number of hydrogen-bond acceptors (Lipinski definition) is 3. The Morgan fingerprint density at radius 3 is 2.81 bits per heavy atom. The third-order valence-corrected chi connectivity index (χ3v) is 2.37. The van der Waals surface area contributed by atoms with E-state index in [0.717, 1.165) is 17.7 Å². The van der Waals surface area contributed by atoms with Crippen LogP contribution in [0.4, 0.5) is 0 Å². The summed E-state index contributed by atoms with van der Waals surface area (Å²) in [5, 5.41) is 11.8. The average Bonchev–Trinajstić information content (AvgIpc) is 2.59. The maximum Gasteiger partial charge on any atom is 0.287 e. The molecule has 0 saturated carbocycles. The number of aliphatic hydroxyl groups is 1. The summed E-state index contributed by atoms with van der Waals surface area (Å²) in [5.41, 5.74) is 0.853. The van der Waals surface area contributed by atoms with E-state index in [9.17, 15) is 4.79 Å². The highest BCUT2D eigenvalue weighted by Crippen LogP contribution is 2.14. The highest BCUT2D eigenvalue weighted by molar-refractivity contribution is 5.92. The highest BCUT2D eigenvalue weighted by atomic mass is 16.4. The molecule has 1 aromatic heterocycles. The molecule has 0 aliphatic carbocycles. The van der Waals surface area contributed by atoms with Crippen molar-refractivity contribution in [1.29, 1.82) is 0 Å². The van der Waals surface area contributed by atoms with Crippen LogP contribution in [0.5, 0.6) is 0 Å². The van der Waals surface area contributed by atoms with Gasteiger partial charge in [-0.2, -0.15) is 0 Å². The summed E-state index contributed by atoms with van der Waals surface area (Å²) in [6.45, 7) is 5.98. The zero-order valence-electron chi connectivity index (χ0n) is 10.0. The van der Waals surface area contributed by atoms with Gasteiger partial charge in [0.25, 0.3) is 5.91 Å². The lowest BCUT2D eigenvalue weighted by Gasteiger charge is -2.05. The zero-order valence-corrected chi connectivity index (χ0v) is 10.0. The minimum absolute atomic E-state index is 0.210. The van der Waals surface area contributed by atoms with Gasteiger partial charge in [0.05, 0.1) is 6.10 Å². The molecule has 0 aliphatic heterocycles. The maximum atomic E-state index is 11.7. The van der Waals surface area contributed by atoms with Crippen molar-refractivity contribution in [2.75, 3.05) is 6.54 Å². The van der Waals surface area contributed by atoms with Gasteiger partial charge in [0.2, 0.25) is 0 Å². The number of rotatable bonds is 5. The first-order valence-corrected chi connectivity index (χ1v) is 5.60. The van der Waals surface area contributed by atoms with Gasteiger partial charge >= 0.3 is 0 Å². The lowest BCUT2D eigenvalue weighted by molar-refractivity contribution is 0.0915. The van der Waals surface area contributed by atoms with Crippen LogP contribution in [-0.2, 0) is 6.42 Å². The van der Waals surface area contributed by atoms with Gasteiger partial charge in [0.15, 0.2) is 5.76 Å². The Kier molecular flexibility index (Phi) is 4.55. The molecular formula is C12H19NO3. The number of nitrogens with one attached hydrogen (secondary N) is 1. The van der Waals surface area contributed by atoms with Gasteiger partial charge in [-0.1, -0.05) is 6.92 Å². The average molecular weight is 225 g/mol. The fourth-order valence-corrected chi connectivity index (χ4v) is 1.42. The van der Waals surface area contributed by atoms with Crippen molar-refractivity contribution in [3.63, 3.8) is 0 Å². The maximum absolute atomic E-state index is 11.7. The predicted octanol–water partition coefficient (Wildman–Crippen LogP) is 1.65. The van der Waals surface area contributed by atoms with Gasteiger partial charge in [-0.15, -0.1) is 0 Å². The molecule has 0 fully saturated rings. The van der Waals surface area contributed by atoms with E-state index < -0.39 is 6.10 Å². The summed E-state index contributed by atoms with van der Waals surface area (Å²) in [6, 6.07) is 1.88. The summed E-state index contributed by atoms with van der Waals surface area (Å²) in [5.74, 6) is 0.985. The molecule has 1 aromatic rings. The number of amides is 1. The molecule has 90 valence electrons. The smallest absolute Gasteiger partial charge is 0.287 e. The minimum Gasteiger partial charge on any atom is -0.456 e. The van der Waals surface area contributed by atoms with Crippen molar-refractivity contribution in [3.8, 4) is 0 Å². The Hall–Kier alpha value is -1.29. The van der Waals surface area contributed by atoms with Crippen LogP contribution in [0.1, 0.15) is 42.1 Å². The second-order valence-electron chi connectivity index (χ2n) is 3.97. The number of carbonyl (C=O) groups is 1. The molecule has 0 spiro atoms. The summed E-state index contributed by atoms with van der Waals surface area (Å²) < 4.78 is 5.41. The number of carbonyl (C=O) groups excluding carboxylic acids is 1. The van der Waals surface area contributed by atoms with Crippen molar-refractivity contribution in [3.05, 3.63) is 23.2 Å². The third kappa shape index (κ3) is 3.38. The first kappa shape index (κ1) is 12.8. The van der Waals surface area contributed by atoms with Gasteiger partial charge in [0.1, 0.15) is 5.76 Å². The third-order valence-electron chi connectivity index (χ3n) is 2.37. The first-order chi connectivity index (χ1) is 7.54. The molecule has 16 heavy (non-hydrogen) atoms. The van der Waals surface area contributed by atoms with Crippen LogP contribution in [0.25, 0.3) is 0 Å². The molecular weight excluding hydrogens is 206 g/mol. The van der Waals surface area contributed by atoms with Crippen LogP contribution in [0.15, 0.2) is 10.5 Å². The summed E-state index contributed by atoms with van der Waals surface area (Å²) in [4.78, 5) is 11.7. The lowest BCUT2D eigenvalue weighted by atomic mass is 10.2. The molecule has 0 aliphatic rings.